The number of nitrogens with zero attached hydrogens (tertiary/aromatic N) is 2. The summed E-state index contributed by atoms with van der Waals surface area (Å²) >= 11 is 0. The fraction of sp³-hybridized carbons (Fsp3) is 0.381. The summed E-state index contributed by atoms with van der Waals surface area (Å²) in [4.78, 5) is 24.0. The Labute approximate surface area is 170 Å². The maximum absolute atomic E-state index is 12.0. The number of aromatic nitrogens is 2. The van der Waals surface area contributed by atoms with Gasteiger partial charge in [-0.2, -0.15) is 5.10 Å². The number of carbonyl (C=O) groups excluding carboxylic acids is 2. The Morgan fingerprint density at radius 1 is 1.14 bits per heavy atom. The zero-order valence-corrected chi connectivity index (χ0v) is 17.4. The Bertz CT molecular complexity index is 902. The van der Waals surface area contributed by atoms with E-state index in [1.54, 1.807) is 42.9 Å². The molecule has 8 heteroatoms. The molecule has 0 aliphatic rings. The second-order valence-corrected chi connectivity index (χ2v) is 6.23. The van der Waals surface area contributed by atoms with Crippen LogP contribution in [-0.4, -0.2) is 41.5 Å². The van der Waals surface area contributed by atoms with Crippen LogP contribution in [0.4, 0.5) is 5.69 Å². The van der Waals surface area contributed by atoms with Crippen molar-refractivity contribution in [1.82, 2.24) is 9.78 Å². The van der Waals surface area contributed by atoms with Gasteiger partial charge >= 0.3 is 5.97 Å². The van der Waals surface area contributed by atoms with Gasteiger partial charge in [0.05, 0.1) is 30.3 Å². The smallest absolute Gasteiger partial charge is 0.331 e. The standard InChI is InChI=1S/C21H27N3O5/c1-6-27-17-10-8-16(12-18(17)28-7-2)9-11-20(26)29-13-19(25)22-21-14(3)23-24(5)15(21)4/h8-12H,6-7,13H2,1-5H3,(H,22,25)/b11-9+. The highest BCUT2D eigenvalue weighted by Gasteiger charge is 2.13. The summed E-state index contributed by atoms with van der Waals surface area (Å²) < 4.78 is 17.7. The number of anilines is 1. The Hall–Kier alpha value is -3.29. The molecule has 0 fully saturated rings. The van der Waals surface area contributed by atoms with Crippen molar-refractivity contribution in [2.75, 3.05) is 25.1 Å². The van der Waals surface area contributed by atoms with E-state index in [2.05, 4.69) is 10.4 Å². The average Bonchev–Trinajstić information content (AvgIpc) is 2.93. The van der Waals surface area contributed by atoms with Crippen LogP contribution in [0.1, 0.15) is 30.8 Å². The summed E-state index contributed by atoms with van der Waals surface area (Å²) in [5, 5.41) is 6.94. The van der Waals surface area contributed by atoms with Crippen LogP contribution in [-0.2, 0) is 21.4 Å². The number of nitrogens with one attached hydrogen (secondary N) is 1. The lowest BCUT2D eigenvalue weighted by molar-refractivity contribution is -0.142. The van der Waals surface area contributed by atoms with Crippen molar-refractivity contribution in [3.8, 4) is 11.5 Å². The Morgan fingerprint density at radius 3 is 2.45 bits per heavy atom. The maximum atomic E-state index is 12.0. The summed E-state index contributed by atoms with van der Waals surface area (Å²) in [6.07, 6.45) is 2.85. The van der Waals surface area contributed by atoms with Gasteiger partial charge in [-0.25, -0.2) is 4.79 Å². The molecule has 1 aromatic heterocycles. The zero-order valence-electron chi connectivity index (χ0n) is 17.4. The number of aryl methyl sites for hydroxylation is 2. The lowest BCUT2D eigenvalue weighted by atomic mass is 10.2. The number of benzene rings is 1. The Balaban J connectivity index is 1.92. The van der Waals surface area contributed by atoms with E-state index in [0.717, 1.165) is 11.3 Å². The Morgan fingerprint density at radius 2 is 1.83 bits per heavy atom. The molecule has 0 spiro atoms. The van der Waals surface area contributed by atoms with Crippen LogP contribution in [0.3, 0.4) is 0 Å². The molecular weight excluding hydrogens is 374 g/mol. The lowest BCUT2D eigenvalue weighted by Gasteiger charge is -2.11. The van der Waals surface area contributed by atoms with Gasteiger partial charge < -0.3 is 19.5 Å². The zero-order chi connectivity index (χ0) is 21.4. The van der Waals surface area contributed by atoms with Crippen LogP contribution in [0.2, 0.25) is 0 Å². The van der Waals surface area contributed by atoms with Gasteiger partial charge in [-0.3, -0.25) is 9.48 Å². The molecule has 1 N–H and O–H groups in total. The highest BCUT2D eigenvalue weighted by molar-refractivity contribution is 5.95. The summed E-state index contributed by atoms with van der Waals surface area (Å²) in [5.41, 5.74) is 2.90. The van der Waals surface area contributed by atoms with Crippen LogP contribution in [0.15, 0.2) is 24.3 Å². The van der Waals surface area contributed by atoms with E-state index in [0.29, 0.717) is 36.1 Å². The SMILES string of the molecule is CCOc1ccc(/C=C/C(=O)OCC(=O)Nc2c(C)nn(C)c2C)cc1OCC. The summed E-state index contributed by atoms with van der Waals surface area (Å²) in [6.45, 7) is 8.07. The summed E-state index contributed by atoms with van der Waals surface area (Å²) in [7, 11) is 1.79. The number of hydrogen-bond donors (Lipinski definition) is 1. The average molecular weight is 401 g/mol. The van der Waals surface area contributed by atoms with Gasteiger partial charge in [0.25, 0.3) is 5.91 Å². The first-order valence-corrected chi connectivity index (χ1v) is 9.40. The molecule has 0 aliphatic carbocycles. The molecule has 156 valence electrons. The van der Waals surface area contributed by atoms with Crippen molar-refractivity contribution in [1.29, 1.82) is 0 Å². The van der Waals surface area contributed by atoms with E-state index in [-0.39, 0.29) is 6.61 Å². The van der Waals surface area contributed by atoms with E-state index in [1.807, 2.05) is 20.8 Å². The minimum atomic E-state index is -0.619. The molecular formula is C21H27N3O5. The van der Waals surface area contributed by atoms with Gasteiger partial charge in [0.1, 0.15) is 0 Å². The third-order valence-corrected chi connectivity index (χ3v) is 4.10. The van der Waals surface area contributed by atoms with Crippen molar-refractivity contribution in [2.24, 2.45) is 7.05 Å². The van der Waals surface area contributed by atoms with Crippen molar-refractivity contribution in [3.05, 3.63) is 41.2 Å². The molecule has 1 heterocycles. The van der Waals surface area contributed by atoms with E-state index in [9.17, 15) is 9.59 Å². The number of carbonyl (C=O) groups is 2. The normalized spacial score (nSPS) is 10.8. The molecule has 29 heavy (non-hydrogen) atoms. The topological polar surface area (TPSA) is 91.7 Å². The minimum absolute atomic E-state index is 0.385. The minimum Gasteiger partial charge on any atom is -0.490 e. The number of ether oxygens (including phenoxy) is 3. The van der Waals surface area contributed by atoms with Gasteiger partial charge in [0, 0.05) is 13.1 Å². The van der Waals surface area contributed by atoms with Crippen molar-refractivity contribution in [3.63, 3.8) is 0 Å². The van der Waals surface area contributed by atoms with Crippen molar-refractivity contribution in [2.45, 2.75) is 27.7 Å². The monoisotopic (exact) mass is 401 g/mol. The molecule has 0 radical (unpaired) electrons. The van der Waals surface area contributed by atoms with Crippen molar-refractivity contribution >= 4 is 23.6 Å². The molecule has 8 nitrogen and oxygen atoms in total. The van der Waals surface area contributed by atoms with Gasteiger partial charge in [-0.15, -0.1) is 0 Å². The van der Waals surface area contributed by atoms with E-state index in [1.165, 1.54) is 6.08 Å². The third kappa shape index (κ3) is 6.10. The van der Waals surface area contributed by atoms with Crippen LogP contribution in [0, 0.1) is 13.8 Å². The molecule has 0 aliphatic heterocycles. The lowest BCUT2D eigenvalue weighted by Crippen LogP contribution is -2.20. The molecule has 0 saturated heterocycles. The first kappa shape index (κ1) is 22.0. The van der Waals surface area contributed by atoms with E-state index < -0.39 is 11.9 Å². The molecule has 0 saturated carbocycles. The van der Waals surface area contributed by atoms with Crippen LogP contribution >= 0.6 is 0 Å². The largest absolute Gasteiger partial charge is 0.490 e. The number of rotatable bonds is 9. The predicted molar refractivity (Wildman–Crippen MR) is 110 cm³/mol. The molecule has 2 rings (SSSR count). The first-order valence-electron chi connectivity index (χ1n) is 9.40. The van der Waals surface area contributed by atoms with Gasteiger partial charge in [0.15, 0.2) is 18.1 Å². The fourth-order valence-corrected chi connectivity index (χ4v) is 2.65. The van der Waals surface area contributed by atoms with Crippen LogP contribution in [0.5, 0.6) is 11.5 Å². The van der Waals surface area contributed by atoms with Crippen LogP contribution < -0.4 is 14.8 Å². The fourth-order valence-electron chi connectivity index (χ4n) is 2.65. The van der Waals surface area contributed by atoms with Gasteiger partial charge in [-0.1, -0.05) is 6.07 Å². The Kier molecular flexibility index (Phi) is 7.82. The first-order chi connectivity index (χ1) is 13.8. The molecule has 2 aromatic rings. The third-order valence-electron chi connectivity index (χ3n) is 4.10. The van der Waals surface area contributed by atoms with Gasteiger partial charge in [-0.05, 0) is 51.5 Å². The van der Waals surface area contributed by atoms with Gasteiger partial charge in [0.2, 0.25) is 0 Å². The predicted octanol–water partition coefficient (Wildman–Crippen LogP) is 3.03. The second kappa shape index (κ2) is 10.3. The molecule has 1 amide bonds. The number of hydrogen-bond acceptors (Lipinski definition) is 6. The second-order valence-electron chi connectivity index (χ2n) is 6.23. The summed E-state index contributed by atoms with van der Waals surface area (Å²) in [5.74, 6) is 0.204. The molecule has 0 bridgehead atoms. The molecule has 1 aromatic carbocycles. The molecule has 0 atom stereocenters. The van der Waals surface area contributed by atoms with E-state index in [4.69, 9.17) is 14.2 Å². The highest BCUT2D eigenvalue weighted by atomic mass is 16.5. The quantitative estimate of drug-likeness (QED) is 0.513. The van der Waals surface area contributed by atoms with Crippen LogP contribution in [0.25, 0.3) is 6.08 Å². The number of esters is 1. The van der Waals surface area contributed by atoms with Crippen molar-refractivity contribution < 1.29 is 23.8 Å². The summed E-state index contributed by atoms with van der Waals surface area (Å²) in [6, 6.07) is 5.36. The highest BCUT2D eigenvalue weighted by Crippen LogP contribution is 2.29. The van der Waals surface area contributed by atoms with E-state index >= 15 is 0 Å². The molecule has 0 unspecified atom stereocenters. The maximum Gasteiger partial charge on any atom is 0.331 e. The number of amides is 1.